The smallest absolute Gasteiger partial charge is 0.356 e. The predicted molar refractivity (Wildman–Crippen MR) is 128 cm³/mol. The van der Waals surface area contributed by atoms with Gasteiger partial charge in [0.15, 0.2) is 5.82 Å². The zero-order chi connectivity index (χ0) is 26.0. The molecule has 1 fully saturated rings. The van der Waals surface area contributed by atoms with Gasteiger partial charge in [0.2, 0.25) is 5.91 Å². The van der Waals surface area contributed by atoms with Crippen LogP contribution in [-0.2, 0) is 11.0 Å². The van der Waals surface area contributed by atoms with Crippen molar-refractivity contribution in [1.29, 1.82) is 0 Å². The van der Waals surface area contributed by atoms with Gasteiger partial charge in [-0.25, -0.2) is 9.37 Å². The fraction of sp³-hybridized carbons (Fsp3) is 0.346. The second-order valence-electron chi connectivity index (χ2n) is 9.06. The molecule has 2 heterocycles. The molecule has 0 atom stereocenters. The molecular formula is C26H26F4N4O2. The van der Waals surface area contributed by atoms with Gasteiger partial charge in [0.25, 0.3) is 5.56 Å². The first kappa shape index (κ1) is 25.4. The van der Waals surface area contributed by atoms with Crippen molar-refractivity contribution < 1.29 is 22.4 Å². The quantitative estimate of drug-likeness (QED) is 0.509. The number of amides is 1. The molecule has 0 spiro atoms. The molecule has 0 aliphatic carbocycles. The predicted octanol–water partition coefficient (Wildman–Crippen LogP) is 4.80. The molecule has 1 N–H and O–H groups in total. The number of nitrogens with one attached hydrogen (secondary N) is 1. The molecule has 1 amide bonds. The van der Waals surface area contributed by atoms with Crippen LogP contribution in [0.2, 0.25) is 0 Å². The maximum atomic E-state index is 14.8. The fourth-order valence-electron chi connectivity index (χ4n) is 4.13. The molecule has 1 aromatic heterocycles. The summed E-state index contributed by atoms with van der Waals surface area (Å²) in [7, 11) is 0. The number of halogens is 4. The Labute approximate surface area is 205 Å². The van der Waals surface area contributed by atoms with Crippen molar-refractivity contribution in [3.05, 3.63) is 76.3 Å². The molecule has 10 heteroatoms. The second kappa shape index (κ2) is 10.1. The lowest BCUT2D eigenvalue weighted by molar-refractivity contribution is -0.137. The maximum absolute atomic E-state index is 14.8. The minimum Gasteiger partial charge on any atom is -0.356 e. The maximum Gasteiger partial charge on any atom is 0.416 e. The van der Waals surface area contributed by atoms with Gasteiger partial charge in [-0.3, -0.25) is 14.2 Å². The van der Waals surface area contributed by atoms with Crippen LogP contribution in [-0.4, -0.2) is 34.6 Å². The Kier molecular flexibility index (Phi) is 7.14. The van der Waals surface area contributed by atoms with Gasteiger partial charge in [-0.1, -0.05) is 26.0 Å². The number of aromatic nitrogens is 2. The van der Waals surface area contributed by atoms with Gasteiger partial charge in [0.1, 0.15) is 11.6 Å². The number of benzene rings is 2. The molecule has 0 radical (unpaired) electrons. The van der Waals surface area contributed by atoms with E-state index in [9.17, 15) is 27.2 Å². The number of carbonyl (C=O) groups excluding carboxylic acids is 1. The Bertz CT molecular complexity index is 1290. The highest BCUT2D eigenvalue weighted by atomic mass is 19.4. The largest absolute Gasteiger partial charge is 0.416 e. The number of hydrogen-bond acceptors (Lipinski definition) is 4. The van der Waals surface area contributed by atoms with Crippen molar-refractivity contribution in [3.8, 4) is 17.1 Å². The molecule has 1 aliphatic heterocycles. The van der Waals surface area contributed by atoms with E-state index in [1.165, 1.54) is 36.4 Å². The number of rotatable bonds is 5. The minimum absolute atomic E-state index is 0.00871. The van der Waals surface area contributed by atoms with Crippen molar-refractivity contribution in [1.82, 2.24) is 14.9 Å². The van der Waals surface area contributed by atoms with Gasteiger partial charge in [-0.05, 0) is 49.2 Å². The van der Waals surface area contributed by atoms with Gasteiger partial charge < -0.3 is 10.2 Å². The Hall–Kier alpha value is -3.69. The molecular weight excluding hydrogens is 476 g/mol. The number of piperidine rings is 1. The standard InChI is InChI=1S/C26H26F4N4O2/c1-16(2)25(36)31-18-11-13-33(14-12-18)22-15-23(35)34(19-9-7-17(8-10-19)26(28,29)30)24(32-22)20-5-3-4-6-21(20)27/h3-10,15-16,18H,11-14H2,1-2H3,(H,31,36). The molecule has 4 rings (SSSR count). The number of anilines is 1. The minimum atomic E-state index is -4.53. The molecule has 0 bridgehead atoms. The second-order valence-corrected chi connectivity index (χ2v) is 9.06. The van der Waals surface area contributed by atoms with Crippen LogP contribution in [0.25, 0.3) is 17.1 Å². The van der Waals surface area contributed by atoms with Crippen LogP contribution >= 0.6 is 0 Å². The van der Waals surface area contributed by atoms with Crippen LogP contribution in [0.3, 0.4) is 0 Å². The molecule has 2 aromatic carbocycles. The van der Waals surface area contributed by atoms with Crippen molar-refractivity contribution in [2.24, 2.45) is 5.92 Å². The Morgan fingerprint density at radius 1 is 1.06 bits per heavy atom. The SMILES string of the molecule is CC(C)C(=O)NC1CCN(c2cc(=O)n(-c3ccc(C(F)(F)F)cc3)c(-c3ccccc3F)n2)CC1. The Morgan fingerprint density at radius 2 is 1.69 bits per heavy atom. The first-order valence-electron chi connectivity index (χ1n) is 11.7. The third kappa shape index (κ3) is 5.42. The lowest BCUT2D eigenvalue weighted by Crippen LogP contribution is -2.46. The van der Waals surface area contributed by atoms with E-state index >= 15 is 0 Å². The zero-order valence-corrected chi connectivity index (χ0v) is 19.8. The van der Waals surface area contributed by atoms with E-state index in [0.29, 0.717) is 31.7 Å². The molecule has 6 nitrogen and oxygen atoms in total. The highest BCUT2D eigenvalue weighted by Gasteiger charge is 2.30. The summed E-state index contributed by atoms with van der Waals surface area (Å²) in [6, 6.07) is 11.2. The highest BCUT2D eigenvalue weighted by Crippen LogP contribution is 2.31. The summed E-state index contributed by atoms with van der Waals surface area (Å²) in [6.45, 7) is 4.70. The summed E-state index contributed by atoms with van der Waals surface area (Å²) in [4.78, 5) is 31.7. The average Bonchev–Trinajstić information content (AvgIpc) is 2.84. The molecule has 1 saturated heterocycles. The monoisotopic (exact) mass is 502 g/mol. The van der Waals surface area contributed by atoms with E-state index in [4.69, 9.17) is 0 Å². The summed E-state index contributed by atoms with van der Waals surface area (Å²) in [5.41, 5.74) is -1.21. The van der Waals surface area contributed by atoms with E-state index in [1.807, 2.05) is 18.7 Å². The fourth-order valence-corrected chi connectivity index (χ4v) is 4.13. The Balaban J connectivity index is 1.70. The molecule has 3 aromatic rings. The first-order chi connectivity index (χ1) is 17.0. The van der Waals surface area contributed by atoms with Crippen molar-refractivity contribution >= 4 is 11.7 Å². The van der Waals surface area contributed by atoms with Crippen LogP contribution in [0.1, 0.15) is 32.3 Å². The third-order valence-corrected chi connectivity index (χ3v) is 6.16. The molecule has 190 valence electrons. The van der Waals surface area contributed by atoms with Gasteiger partial charge >= 0.3 is 6.18 Å². The lowest BCUT2D eigenvalue weighted by Gasteiger charge is -2.33. The number of hydrogen-bond donors (Lipinski definition) is 1. The molecule has 0 saturated carbocycles. The van der Waals surface area contributed by atoms with Gasteiger partial charge in [-0.2, -0.15) is 13.2 Å². The third-order valence-electron chi connectivity index (χ3n) is 6.16. The summed E-state index contributed by atoms with van der Waals surface area (Å²) in [5.74, 6) is -0.420. The summed E-state index contributed by atoms with van der Waals surface area (Å²) < 4.78 is 55.0. The summed E-state index contributed by atoms with van der Waals surface area (Å²) in [6.07, 6.45) is -3.23. The van der Waals surface area contributed by atoms with E-state index in [2.05, 4.69) is 10.3 Å². The average molecular weight is 503 g/mol. The highest BCUT2D eigenvalue weighted by molar-refractivity contribution is 5.78. The normalized spacial score (nSPS) is 14.8. The number of carbonyl (C=O) groups is 1. The molecule has 36 heavy (non-hydrogen) atoms. The van der Waals surface area contributed by atoms with Crippen LogP contribution in [0.15, 0.2) is 59.4 Å². The van der Waals surface area contributed by atoms with Crippen LogP contribution < -0.4 is 15.8 Å². The van der Waals surface area contributed by atoms with Gasteiger partial charge in [0.05, 0.1) is 16.8 Å². The van der Waals surface area contributed by atoms with E-state index in [-0.39, 0.29) is 34.9 Å². The van der Waals surface area contributed by atoms with Gasteiger partial charge in [0, 0.05) is 31.1 Å². The molecule has 1 aliphatic rings. The van der Waals surface area contributed by atoms with Crippen LogP contribution in [0.4, 0.5) is 23.4 Å². The van der Waals surface area contributed by atoms with Crippen LogP contribution in [0.5, 0.6) is 0 Å². The van der Waals surface area contributed by atoms with Crippen LogP contribution in [0, 0.1) is 11.7 Å². The summed E-state index contributed by atoms with van der Waals surface area (Å²) >= 11 is 0. The first-order valence-corrected chi connectivity index (χ1v) is 11.7. The van der Waals surface area contributed by atoms with Crippen molar-refractivity contribution in [2.75, 3.05) is 18.0 Å². The van der Waals surface area contributed by atoms with E-state index in [0.717, 1.165) is 16.7 Å². The summed E-state index contributed by atoms with van der Waals surface area (Å²) in [5, 5.41) is 3.01. The topological polar surface area (TPSA) is 67.2 Å². The van der Waals surface area contributed by atoms with E-state index < -0.39 is 23.1 Å². The zero-order valence-electron chi connectivity index (χ0n) is 19.8. The Morgan fingerprint density at radius 3 is 2.28 bits per heavy atom. The number of nitrogens with zero attached hydrogens (tertiary/aromatic N) is 3. The van der Waals surface area contributed by atoms with Crippen molar-refractivity contribution in [3.63, 3.8) is 0 Å². The van der Waals surface area contributed by atoms with E-state index in [1.54, 1.807) is 6.07 Å². The number of alkyl halides is 3. The molecule has 0 unspecified atom stereocenters. The van der Waals surface area contributed by atoms with Gasteiger partial charge in [-0.15, -0.1) is 0 Å². The van der Waals surface area contributed by atoms with Crippen molar-refractivity contribution in [2.45, 2.75) is 38.9 Å². The lowest BCUT2D eigenvalue weighted by atomic mass is 10.0.